The van der Waals surface area contributed by atoms with Gasteiger partial charge in [0.25, 0.3) is 0 Å². The van der Waals surface area contributed by atoms with Crippen molar-refractivity contribution in [3.05, 3.63) is 29.8 Å². The van der Waals surface area contributed by atoms with Crippen molar-refractivity contribution in [3.63, 3.8) is 0 Å². The molecule has 2 N–H and O–H groups in total. The van der Waals surface area contributed by atoms with Crippen molar-refractivity contribution in [2.45, 2.75) is 12.3 Å². The predicted molar refractivity (Wildman–Crippen MR) is 61.7 cm³/mol. The molecule has 0 aromatic heterocycles. The highest BCUT2D eigenvalue weighted by atomic mass is 16.6. The number of carboxylic acid groups (broad SMARTS) is 2. The summed E-state index contributed by atoms with van der Waals surface area (Å²) in [7, 11) is 0. The summed E-state index contributed by atoms with van der Waals surface area (Å²) in [6, 6.07) is 6.86. The van der Waals surface area contributed by atoms with Gasteiger partial charge in [0.05, 0.1) is 18.6 Å². The van der Waals surface area contributed by atoms with E-state index in [4.69, 9.17) is 15.1 Å². The van der Waals surface area contributed by atoms with Crippen LogP contribution in [0.5, 0.6) is 5.75 Å². The Morgan fingerprint density at radius 1 is 1.33 bits per heavy atom. The number of carbonyl (C=O) groups is 2. The first-order valence-electron chi connectivity index (χ1n) is 5.33. The van der Waals surface area contributed by atoms with E-state index in [-0.39, 0.29) is 0 Å². The Balaban J connectivity index is 2.36. The van der Waals surface area contributed by atoms with E-state index in [0.29, 0.717) is 11.3 Å². The monoisotopic (exact) mass is 249 g/mol. The van der Waals surface area contributed by atoms with Crippen molar-refractivity contribution in [1.29, 1.82) is 0 Å². The molecule has 2 unspecified atom stereocenters. The third-order valence-electron chi connectivity index (χ3n) is 2.80. The Morgan fingerprint density at radius 3 is 2.72 bits per heavy atom. The van der Waals surface area contributed by atoms with Gasteiger partial charge in [0.15, 0.2) is 5.75 Å². The molecule has 0 radical (unpaired) electrons. The fraction of sp³-hybridized carbons (Fsp3) is 0.250. The first-order valence-corrected chi connectivity index (χ1v) is 5.33. The zero-order valence-corrected chi connectivity index (χ0v) is 9.31. The number of hydrogen-bond donors (Lipinski definition) is 2. The molecule has 2 rings (SSSR count). The lowest BCUT2D eigenvalue weighted by Gasteiger charge is -2.23. The normalized spacial score (nSPS) is 18.6. The van der Waals surface area contributed by atoms with Gasteiger partial charge in [-0.2, -0.15) is 0 Å². The van der Waals surface area contributed by atoms with Gasteiger partial charge in [0.2, 0.25) is 0 Å². The molecule has 6 heteroatoms. The summed E-state index contributed by atoms with van der Waals surface area (Å²) in [5.74, 6) is -3.51. The number of para-hydroxylation sites is 1. The molecule has 1 aliphatic rings. The third kappa shape index (κ3) is 2.32. The van der Waals surface area contributed by atoms with E-state index in [1.165, 1.54) is 6.21 Å². The summed E-state index contributed by atoms with van der Waals surface area (Å²) >= 11 is 0. The second kappa shape index (κ2) is 4.87. The molecular weight excluding hydrogens is 238 g/mol. The van der Waals surface area contributed by atoms with Gasteiger partial charge in [-0.25, -0.2) is 0 Å². The van der Waals surface area contributed by atoms with Crippen LogP contribution in [0.3, 0.4) is 0 Å². The largest absolute Gasteiger partial charge is 0.481 e. The molecule has 1 aliphatic heterocycles. The molecule has 0 saturated heterocycles. The number of benzene rings is 1. The van der Waals surface area contributed by atoms with E-state index < -0.39 is 30.2 Å². The zero-order chi connectivity index (χ0) is 13.1. The summed E-state index contributed by atoms with van der Waals surface area (Å²) in [6.45, 7) is 0. The van der Waals surface area contributed by atoms with Crippen LogP contribution >= 0.6 is 0 Å². The Kier molecular flexibility index (Phi) is 3.27. The minimum atomic E-state index is -1.16. The second-order valence-electron chi connectivity index (χ2n) is 3.95. The molecule has 0 fully saturated rings. The van der Waals surface area contributed by atoms with Gasteiger partial charge in [-0.05, 0) is 6.07 Å². The highest BCUT2D eigenvalue weighted by Crippen LogP contribution is 2.35. The third-order valence-corrected chi connectivity index (χ3v) is 2.80. The van der Waals surface area contributed by atoms with Crippen LogP contribution in [-0.4, -0.2) is 28.4 Å². The van der Waals surface area contributed by atoms with Gasteiger partial charge in [0.1, 0.15) is 0 Å². The molecule has 0 bridgehead atoms. The van der Waals surface area contributed by atoms with Crippen LogP contribution in [0.1, 0.15) is 17.9 Å². The van der Waals surface area contributed by atoms with E-state index in [9.17, 15) is 9.59 Å². The van der Waals surface area contributed by atoms with Gasteiger partial charge in [-0.3, -0.25) is 9.59 Å². The van der Waals surface area contributed by atoms with Crippen LogP contribution < -0.4 is 4.84 Å². The van der Waals surface area contributed by atoms with E-state index in [2.05, 4.69) is 5.16 Å². The lowest BCUT2D eigenvalue weighted by Crippen LogP contribution is -2.27. The molecule has 0 amide bonds. The number of hydrogen-bond acceptors (Lipinski definition) is 4. The predicted octanol–water partition coefficient (Wildman–Crippen LogP) is 1.32. The van der Waals surface area contributed by atoms with Crippen LogP contribution in [0.2, 0.25) is 0 Å². The Labute approximate surface area is 102 Å². The number of aliphatic carboxylic acids is 2. The summed E-state index contributed by atoms with van der Waals surface area (Å²) < 4.78 is 0. The highest BCUT2D eigenvalue weighted by Gasteiger charge is 2.34. The first-order chi connectivity index (χ1) is 8.59. The maximum absolute atomic E-state index is 11.2. The Hall–Kier alpha value is -2.37. The molecule has 18 heavy (non-hydrogen) atoms. The lowest BCUT2D eigenvalue weighted by molar-refractivity contribution is -0.148. The van der Waals surface area contributed by atoms with Crippen molar-refractivity contribution in [2.24, 2.45) is 11.1 Å². The van der Waals surface area contributed by atoms with Crippen LogP contribution in [0.25, 0.3) is 0 Å². The van der Waals surface area contributed by atoms with Crippen LogP contribution in [-0.2, 0) is 9.59 Å². The fourth-order valence-corrected chi connectivity index (χ4v) is 1.95. The summed E-state index contributed by atoms with van der Waals surface area (Å²) in [5, 5.41) is 21.5. The maximum Gasteiger partial charge on any atom is 0.308 e. The van der Waals surface area contributed by atoms with Gasteiger partial charge < -0.3 is 15.1 Å². The molecule has 1 aromatic carbocycles. The van der Waals surface area contributed by atoms with Gasteiger partial charge in [-0.1, -0.05) is 23.4 Å². The minimum absolute atomic E-state index is 0.458. The van der Waals surface area contributed by atoms with Crippen LogP contribution in [0.4, 0.5) is 0 Å². The lowest BCUT2D eigenvalue weighted by atomic mass is 9.84. The highest BCUT2D eigenvalue weighted by molar-refractivity contribution is 5.85. The number of rotatable bonds is 4. The second-order valence-corrected chi connectivity index (χ2v) is 3.95. The van der Waals surface area contributed by atoms with Crippen molar-refractivity contribution in [1.82, 2.24) is 0 Å². The molecule has 0 saturated carbocycles. The molecule has 0 spiro atoms. The summed E-state index contributed by atoms with van der Waals surface area (Å²) in [5.41, 5.74) is 0.640. The van der Waals surface area contributed by atoms with Gasteiger partial charge in [0, 0.05) is 11.5 Å². The molecule has 1 heterocycles. The van der Waals surface area contributed by atoms with Gasteiger partial charge in [-0.15, -0.1) is 0 Å². The number of nitrogens with zero attached hydrogens (tertiary/aromatic N) is 1. The Bertz CT molecular complexity index is 511. The quantitative estimate of drug-likeness (QED) is 0.838. The SMILES string of the molecule is O=C(O)CC(C(=O)O)C1C=NOc2ccccc21. The van der Waals surface area contributed by atoms with E-state index in [0.717, 1.165) is 0 Å². The van der Waals surface area contributed by atoms with Crippen molar-refractivity contribution in [3.8, 4) is 5.75 Å². The number of carboxylic acids is 2. The smallest absolute Gasteiger partial charge is 0.308 e. The fourth-order valence-electron chi connectivity index (χ4n) is 1.95. The Morgan fingerprint density at radius 2 is 2.06 bits per heavy atom. The molecule has 1 aromatic rings. The molecule has 2 atom stereocenters. The van der Waals surface area contributed by atoms with E-state index in [1.54, 1.807) is 24.3 Å². The maximum atomic E-state index is 11.2. The summed E-state index contributed by atoms with van der Waals surface area (Å²) in [4.78, 5) is 26.9. The minimum Gasteiger partial charge on any atom is -0.481 e. The van der Waals surface area contributed by atoms with Crippen molar-refractivity contribution >= 4 is 18.2 Å². The molecule has 94 valence electrons. The summed E-state index contributed by atoms with van der Waals surface area (Å²) in [6.07, 6.45) is 0.879. The van der Waals surface area contributed by atoms with E-state index in [1.807, 2.05) is 0 Å². The first kappa shape index (κ1) is 12.1. The molecule has 6 nitrogen and oxygen atoms in total. The van der Waals surface area contributed by atoms with Crippen LogP contribution in [0, 0.1) is 5.92 Å². The number of oxime groups is 1. The van der Waals surface area contributed by atoms with Crippen LogP contribution in [0.15, 0.2) is 29.4 Å². The average molecular weight is 249 g/mol. The van der Waals surface area contributed by atoms with Gasteiger partial charge >= 0.3 is 11.9 Å². The standard InChI is InChI=1S/C12H11NO5/c14-11(15)5-8(12(16)17)9-6-13-18-10-4-2-1-3-7(9)10/h1-4,6,8-9H,5H2,(H,14,15)(H,16,17). The number of fused-ring (bicyclic) bond motifs is 1. The van der Waals surface area contributed by atoms with Crippen molar-refractivity contribution < 1.29 is 24.6 Å². The molecular formula is C12H11NO5. The van der Waals surface area contributed by atoms with Crippen molar-refractivity contribution in [2.75, 3.05) is 0 Å². The zero-order valence-electron chi connectivity index (χ0n) is 9.31. The molecule has 0 aliphatic carbocycles. The van der Waals surface area contributed by atoms with E-state index >= 15 is 0 Å². The average Bonchev–Trinajstić information content (AvgIpc) is 2.35. The topological polar surface area (TPSA) is 96.2 Å².